The Morgan fingerprint density at radius 1 is 1.30 bits per heavy atom. The first-order valence-corrected chi connectivity index (χ1v) is 11.0. The van der Waals surface area contributed by atoms with Gasteiger partial charge < -0.3 is 20.1 Å². The molecular formula is C22H30Cl2N2O4. The molecular weight excluding hydrogens is 427 g/mol. The Morgan fingerprint density at radius 3 is 2.60 bits per heavy atom. The van der Waals surface area contributed by atoms with Crippen molar-refractivity contribution in [2.24, 2.45) is 5.41 Å². The SMILES string of the molecule is C[C@H](CO)NC(=O)CC12CN(C(=O)OC(C)(C)C)CCC1(c1ccc(Cl)c(Cl)c1)C2. The van der Waals surface area contributed by atoms with Crippen molar-refractivity contribution < 1.29 is 19.4 Å². The summed E-state index contributed by atoms with van der Waals surface area (Å²) in [5.41, 5.74) is -0.179. The van der Waals surface area contributed by atoms with Crippen LogP contribution in [0.3, 0.4) is 0 Å². The molecule has 166 valence electrons. The van der Waals surface area contributed by atoms with Gasteiger partial charge in [0.2, 0.25) is 5.91 Å². The first-order valence-electron chi connectivity index (χ1n) is 10.3. The molecule has 0 bridgehead atoms. The van der Waals surface area contributed by atoms with E-state index in [1.165, 1.54) is 0 Å². The highest BCUT2D eigenvalue weighted by Gasteiger charge is 2.70. The van der Waals surface area contributed by atoms with Gasteiger partial charge in [-0.15, -0.1) is 0 Å². The number of aliphatic hydroxyl groups excluding tert-OH is 1. The number of benzene rings is 1. The predicted octanol–water partition coefficient (Wildman–Crippen LogP) is 4.15. The third kappa shape index (κ3) is 4.56. The lowest BCUT2D eigenvalue weighted by molar-refractivity contribution is -0.123. The molecule has 3 rings (SSSR count). The van der Waals surface area contributed by atoms with Crippen LogP contribution in [0.25, 0.3) is 0 Å². The van der Waals surface area contributed by atoms with Crippen LogP contribution in [0.2, 0.25) is 10.0 Å². The van der Waals surface area contributed by atoms with Gasteiger partial charge in [-0.3, -0.25) is 4.79 Å². The van der Waals surface area contributed by atoms with Gasteiger partial charge in [0.15, 0.2) is 0 Å². The van der Waals surface area contributed by atoms with Crippen molar-refractivity contribution in [1.29, 1.82) is 0 Å². The molecule has 2 aliphatic rings. The second kappa shape index (κ2) is 8.21. The molecule has 1 aromatic rings. The third-order valence-corrected chi connectivity index (χ3v) is 6.88. The molecule has 8 heteroatoms. The van der Waals surface area contributed by atoms with Crippen LogP contribution in [0.15, 0.2) is 18.2 Å². The number of ether oxygens (including phenoxy) is 1. The van der Waals surface area contributed by atoms with Gasteiger partial charge in [-0.2, -0.15) is 0 Å². The maximum absolute atomic E-state index is 12.7. The Morgan fingerprint density at radius 2 is 2.00 bits per heavy atom. The molecule has 2 unspecified atom stereocenters. The van der Waals surface area contributed by atoms with E-state index >= 15 is 0 Å². The summed E-state index contributed by atoms with van der Waals surface area (Å²) >= 11 is 12.4. The molecule has 1 saturated heterocycles. The molecule has 2 N–H and O–H groups in total. The Bertz CT molecular complexity index is 841. The minimum Gasteiger partial charge on any atom is -0.444 e. The molecule has 1 saturated carbocycles. The average molecular weight is 457 g/mol. The molecule has 2 amide bonds. The van der Waals surface area contributed by atoms with Crippen LogP contribution in [0.4, 0.5) is 4.79 Å². The number of fused-ring (bicyclic) bond motifs is 1. The van der Waals surface area contributed by atoms with Gasteiger partial charge in [0.05, 0.1) is 16.7 Å². The molecule has 1 aliphatic carbocycles. The van der Waals surface area contributed by atoms with E-state index in [0.717, 1.165) is 12.0 Å². The van der Waals surface area contributed by atoms with Crippen molar-refractivity contribution in [1.82, 2.24) is 10.2 Å². The Hall–Kier alpha value is -1.50. The molecule has 30 heavy (non-hydrogen) atoms. The molecule has 2 fully saturated rings. The summed E-state index contributed by atoms with van der Waals surface area (Å²) in [5.74, 6) is -0.135. The first kappa shape index (κ1) is 23.2. The summed E-state index contributed by atoms with van der Waals surface area (Å²) in [6, 6.07) is 5.30. The van der Waals surface area contributed by atoms with E-state index in [2.05, 4.69) is 5.32 Å². The zero-order chi connectivity index (χ0) is 22.3. The van der Waals surface area contributed by atoms with Gasteiger partial charge in [0.25, 0.3) is 0 Å². The van der Waals surface area contributed by atoms with E-state index in [-0.39, 0.29) is 36.5 Å². The zero-order valence-corrected chi connectivity index (χ0v) is 19.4. The highest BCUT2D eigenvalue weighted by Crippen LogP contribution is 2.70. The normalized spacial score (nSPS) is 26.6. The number of nitrogens with zero attached hydrogens (tertiary/aromatic N) is 1. The molecule has 0 radical (unpaired) electrons. The van der Waals surface area contributed by atoms with E-state index in [4.69, 9.17) is 27.9 Å². The van der Waals surface area contributed by atoms with Crippen molar-refractivity contribution in [3.8, 4) is 0 Å². The number of nitrogens with one attached hydrogen (secondary N) is 1. The lowest BCUT2D eigenvalue weighted by Crippen LogP contribution is -2.48. The number of carbonyl (C=O) groups excluding carboxylic acids is 2. The van der Waals surface area contributed by atoms with Crippen LogP contribution >= 0.6 is 23.2 Å². The minimum atomic E-state index is -0.583. The fraction of sp³-hybridized carbons (Fsp3) is 0.636. The van der Waals surface area contributed by atoms with Crippen molar-refractivity contribution in [3.63, 3.8) is 0 Å². The number of amides is 2. The van der Waals surface area contributed by atoms with Crippen LogP contribution in [-0.4, -0.2) is 53.3 Å². The van der Waals surface area contributed by atoms with Crippen molar-refractivity contribution in [2.45, 2.75) is 64.0 Å². The van der Waals surface area contributed by atoms with Gasteiger partial charge in [-0.25, -0.2) is 4.79 Å². The van der Waals surface area contributed by atoms with Crippen LogP contribution < -0.4 is 5.32 Å². The monoisotopic (exact) mass is 456 g/mol. The lowest BCUT2D eigenvalue weighted by atomic mass is 9.78. The van der Waals surface area contributed by atoms with Gasteiger partial charge in [0, 0.05) is 36.4 Å². The second-order valence-corrected chi connectivity index (χ2v) is 10.5. The number of piperidine rings is 1. The highest BCUT2D eigenvalue weighted by molar-refractivity contribution is 6.42. The topological polar surface area (TPSA) is 78.9 Å². The van der Waals surface area contributed by atoms with E-state index in [1.54, 1.807) is 17.9 Å². The molecule has 1 aromatic carbocycles. The van der Waals surface area contributed by atoms with Crippen LogP contribution in [-0.2, 0) is 14.9 Å². The number of hydrogen-bond donors (Lipinski definition) is 2. The molecule has 1 heterocycles. The lowest BCUT2D eigenvalue weighted by Gasteiger charge is -2.38. The number of rotatable bonds is 5. The Labute approximate surface area is 187 Å². The van der Waals surface area contributed by atoms with Crippen molar-refractivity contribution >= 4 is 35.2 Å². The smallest absolute Gasteiger partial charge is 0.410 e. The summed E-state index contributed by atoms with van der Waals surface area (Å²) in [4.78, 5) is 27.1. The Balaban J connectivity index is 1.86. The predicted molar refractivity (Wildman–Crippen MR) is 117 cm³/mol. The van der Waals surface area contributed by atoms with E-state index < -0.39 is 11.0 Å². The quantitative estimate of drug-likeness (QED) is 0.697. The van der Waals surface area contributed by atoms with Crippen LogP contribution in [0.1, 0.15) is 52.5 Å². The molecule has 0 aromatic heterocycles. The summed E-state index contributed by atoms with van der Waals surface area (Å²) < 4.78 is 5.56. The molecule has 6 nitrogen and oxygen atoms in total. The van der Waals surface area contributed by atoms with E-state index in [0.29, 0.717) is 29.6 Å². The number of aliphatic hydroxyl groups is 1. The molecule has 1 aliphatic heterocycles. The summed E-state index contributed by atoms with van der Waals surface area (Å²) in [6.07, 6.45) is 1.39. The van der Waals surface area contributed by atoms with Crippen LogP contribution in [0, 0.1) is 5.41 Å². The standard InChI is InChI=1S/C22H30Cl2N2O4/c1-14(11-27)25-18(28)10-21-12-22(21,15-5-6-16(23)17(24)9-15)7-8-26(13-21)19(29)30-20(2,3)4/h5-6,9,14,27H,7-8,10-13H2,1-4H3,(H,25,28)/t14-,21?,22?/m1/s1. The second-order valence-electron chi connectivity index (χ2n) is 9.65. The Kier molecular flexibility index (Phi) is 6.34. The van der Waals surface area contributed by atoms with Crippen molar-refractivity contribution in [3.05, 3.63) is 33.8 Å². The summed E-state index contributed by atoms with van der Waals surface area (Å²) in [6.45, 7) is 8.13. The fourth-order valence-electron chi connectivity index (χ4n) is 4.66. The van der Waals surface area contributed by atoms with Gasteiger partial charge in [0.1, 0.15) is 5.60 Å². The van der Waals surface area contributed by atoms with E-state index in [1.807, 2.05) is 32.9 Å². The van der Waals surface area contributed by atoms with Gasteiger partial charge >= 0.3 is 6.09 Å². The van der Waals surface area contributed by atoms with Gasteiger partial charge in [-0.1, -0.05) is 29.3 Å². The minimum absolute atomic E-state index is 0.124. The number of hydrogen-bond acceptors (Lipinski definition) is 4. The highest BCUT2D eigenvalue weighted by atomic mass is 35.5. The summed E-state index contributed by atoms with van der Waals surface area (Å²) in [5, 5.41) is 13.1. The maximum Gasteiger partial charge on any atom is 0.410 e. The average Bonchev–Trinajstić information content (AvgIpc) is 3.30. The van der Waals surface area contributed by atoms with Crippen molar-refractivity contribution in [2.75, 3.05) is 19.7 Å². The molecule has 3 atom stereocenters. The van der Waals surface area contributed by atoms with Gasteiger partial charge in [-0.05, 0) is 58.2 Å². The maximum atomic E-state index is 12.7. The third-order valence-electron chi connectivity index (χ3n) is 6.14. The molecule has 0 spiro atoms. The first-order chi connectivity index (χ1) is 13.9. The number of likely N-dealkylation sites (tertiary alicyclic amines) is 1. The fourth-order valence-corrected chi connectivity index (χ4v) is 4.96. The largest absolute Gasteiger partial charge is 0.444 e. The zero-order valence-electron chi connectivity index (χ0n) is 17.9. The summed E-state index contributed by atoms with van der Waals surface area (Å²) in [7, 11) is 0. The number of carbonyl (C=O) groups is 2. The van der Waals surface area contributed by atoms with Crippen LogP contribution in [0.5, 0.6) is 0 Å². The number of halogens is 2. The van der Waals surface area contributed by atoms with E-state index in [9.17, 15) is 14.7 Å².